The van der Waals surface area contributed by atoms with Crippen molar-refractivity contribution in [2.24, 2.45) is 0 Å². The maximum Gasteiger partial charge on any atom is 0.287 e. The van der Waals surface area contributed by atoms with Gasteiger partial charge in [-0.25, -0.2) is 0 Å². The predicted molar refractivity (Wildman–Crippen MR) is 119 cm³/mol. The summed E-state index contributed by atoms with van der Waals surface area (Å²) in [5.74, 6) is 1.45. The highest BCUT2D eigenvalue weighted by molar-refractivity contribution is 8.00. The van der Waals surface area contributed by atoms with Gasteiger partial charge in [-0.1, -0.05) is 53.4 Å². The van der Waals surface area contributed by atoms with E-state index in [9.17, 15) is 4.79 Å². The molecule has 0 spiro atoms. The van der Waals surface area contributed by atoms with Gasteiger partial charge >= 0.3 is 0 Å². The number of fused-ring (bicyclic) bond motifs is 1. The van der Waals surface area contributed by atoms with Gasteiger partial charge in [0.25, 0.3) is 5.91 Å². The fourth-order valence-corrected chi connectivity index (χ4v) is 4.86. The third-order valence-corrected chi connectivity index (χ3v) is 6.40. The molecule has 1 amide bonds. The standard InChI is InChI=1S/C22H21N3O3S2/c1-14-6-5-7-16(12-14)27-11-10-23-21(26)20-18(13-29-22-25-24-15(2)30-22)17-8-3-4-9-19(17)28-20/h3-9,12H,10-11,13H2,1-2H3,(H,23,26). The molecule has 0 atom stereocenters. The molecule has 0 radical (unpaired) electrons. The molecule has 1 N–H and O–H groups in total. The minimum atomic E-state index is -0.247. The molecule has 4 rings (SSSR count). The smallest absolute Gasteiger partial charge is 0.287 e. The lowest BCUT2D eigenvalue weighted by molar-refractivity contribution is 0.0920. The number of amides is 1. The molecule has 2 aromatic carbocycles. The number of para-hydroxylation sites is 1. The third-order valence-electron chi connectivity index (χ3n) is 4.40. The number of ether oxygens (including phenoxy) is 1. The third kappa shape index (κ3) is 4.83. The molecule has 0 aliphatic carbocycles. The predicted octanol–water partition coefficient (Wildman–Crippen LogP) is 5.00. The van der Waals surface area contributed by atoms with Gasteiger partial charge in [0.2, 0.25) is 0 Å². The van der Waals surface area contributed by atoms with E-state index in [1.54, 1.807) is 11.8 Å². The SMILES string of the molecule is Cc1cccc(OCCNC(=O)c2oc3ccccc3c2CSc2nnc(C)s2)c1. The molecule has 4 aromatic rings. The summed E-state index contributed by atoms with van der Waals surface area (Å²) in [5.41, 5.74) is 2.69. The molecular formula is C22H21N3O3S2. The number of carbonyl (C=O) groups is 1. The van der Waals surface area contributed by atoms with Crippen LogP contribution in [0.3, 0.4) is 0 Å². The Labute approximate surface area is 182 Å². The number of nitrogens with one attached hydrogen (secondary N) is 1. The maximum atomic E-state index is 12.8. The summed E-state index contributed by atoms with van der Waals surface area (Å²) in [6, 6.07) is 15.5. The maximum absolute atomic E-state index is 12.8. The van der Waals surface area contributed by atoms with E-state index in [1.807, 2.05) is 62.4 Å². The van der Waals surface area contributed by atoms with Crippen LogP contribution in [0.5, 0.6) is 5.75 Å². The lowest BCUT2D eigenvalue weighted by Gasteiger charge is -2.08. The number of hydrogen-bond donors (Lipinski definition) is 1. The molecule has 0 bridgehead atoms. The lowest BCUT2D eigenvalue weighted by Crippen LogP contribution is -2.28. The summed E-state index contributed by atoms with van der Waals surface area (Å²) in [6.07, 6.45) is 0. The van der Waals surface area contributed by atoms with Gasteiger partial charge in [-0.3, -0.25) is 4.79 Å². The van der Waals surface area contributed by atoms with Crippen LogP contribution >= 0.6 is 23.1 Å². The fourth-order valence-electron chi connectivity index (χ4n) is 3.02. The van der Waals surface area contributed by atoms with Crippen molar-refractivity contribution in [3.63, 3.8) is 0 Å². The van der Waals surface area contributed by atoms with Gasteiger partial charge < -0.3 is 14.5 Å². The molecule has 30 heavy (non-hydrogen) atoms. The molecule has 0 fully saturated rings. The minimum absolute atomic E-state index is 0.247. The Morgan fingerprint density at radius 3 is 2.83 bits per heavy atom. The Kier molecular flexibility index (Phi) is 6.35. The van der Waals surface area contributed by atoms with E-state index >= 15 is 0 Å². The van der Waals surface area contributed by atoms with Gasteiger partial charge in [-0.15, -0.1) is 10.2 Å². The Balaban J connectivity index is 1.43. The second kappa shape index (κ2) is 9.32. The number of benzene rings is 2. The lowest BCUT2D eigenvalue weighted by atomic mass is 10.1. The fraction of sp³-hybridized carbons (Fsp3) is 0.227. The number of hydrogen-bond acceptors (Lipinski definition) is 7. The van der Waals surface area contributed by atoms with Crippen LogP contribution in [0.4, 0.5) is 0 Å². The molecule has 8 heteroatoms. The monoisotopic (exact) mass is 439 g/mol. The van der Waals surface area contributed by atoms with Crippen molar-refractivity contribution in [2.75, 3.05) is 13.2 Å². The summed E-state index contributed by atoms with van der Waals surface area (Å²) < 4.78 is 12.5. The molecule has 0 saturated carbocycles. The van der Waals surface area contributed by atoms with Gasteiger partial charge in [-0.05, 0) is 37.6 Å². The largest absolute Gasteiger partial charge is 0.492 e. The van der Waals surface area contributed by atoms with E-state index in [4.69, 9.17) is 9.15 Å². The Morgan fingerprint density at radius 1 is 1.17 bits per heavy atom. The Bertz CT molecular complexity index is 1170. The van der Waals surface area contributed by atoms with Crippen LogP contribution in [0.25, 0.3) is 11.0 Å². The highest BCUT2D eigenvalue weighted by Gasteiger charge is 2.21. The van der Waals surface area contributed by atoms with E-state index in [0.29, 0.717) is 30.2 Å². The molecule has 154 valence electrons. The Hall–Kier alpha value is -2.84. The number of thioether (sulfide) groups is 1. The highest BCUT2D eigenvalue weighted by Crippen LogP contribution is 2.33. The first kappa shape index (κ1) is 20.4. The second-order valence-corrected chi connectivity index (χ2v) is 9.11. The average Bonchev–Trinajstić information content (AvgIpc) is 3.33. The van der Waals surface area contributed by atoms with Crippen molar-refractivity contribution in [1.29, 1.82) is 0 Å². The number of carbonyl (C=O) groups excluding carboxylic acids is 1. The Morgan fingerprint density at radius 2 is 2.03 bits per heavy atom. The van der Waals surface area contributed by atoms with E-state index in [0.717, 1.165) is 31.6 Å². The molecule has 0 unspecified atom stereocenters. The number of nitrogens with zero attached hydrogens (tertiary/aromatic N) is 2. The molecule has 0 aliphatic rings. The van der Waals surface area contributed by atoms with E-state index in [1.165, 1.54) is 11.3 Å². The van der Waals surface area contributed by atoms with Crippen molar-refractivity contribution < 1.29 is 13.9 Å². The zero-order valence-electron chi connectivity index (χ0n) is 16.7. The summed E-state index contributed by atoms with van der Waals surface area (Å²) >= 11 is 3.09. The zero-order valence-corrected chi connectivity index (χ0v) is 18.3. The van der Waals surface area contributed by atoms with Crippen LogP contribution in [0.15, 0.2) is 57.3 Å². The van der Waals surface area contributed by atoms with Crippen LogP contribution in [0.2, 0.25) is 0 Å². The summed E-state index contributed by atoms with van der Waals surface area (Å²) in [6.45, 7) is 4.70. The molecule has 6 nitrogen and oxygen atoms in total. The zero-order chi connectivity index (χ0) is 20.9. The summed E-state index contributed by atoms with van der Waals surface area (Å²) in [7, 11) is 0. The van der Waals surface area contributed by atoms with Crippen LogP contribution in [0, 0.1) is 13.8 Å². The molecule has 0 saturated heterocycles. The van der Waals surface area contributed by atoms with Crippen LogP contribution in [-0.4, -0.2) is 29.3 Å². The molecule has 2 heterocycles. The van der Waals surface area contributed by atoms with Gasteiger partial charge in [-0.2, -0.15) is 0 Å². The first-order valence-corrected chi connectivity index (χ1v) is 11.3. The first-order chi connectivity index (χ1) is 14.6. The van der Waals surface area contributed by atoms with Crippen molar-refractivity contribution in [2.45, 2.75) is 23.9 Å². The van der Waals surface area contributed by atoms with Crippen molar-refractivity contribution >= 4 is 40.0 Å². The van der Waals surface area contributed by atoms with Gasteiger partial charge in [0, 0.05) is 16.7 Å². The highest BCUT2D eigenvalue weighted by atomic mass is 32.2. The van der Waals surface area contributed by atoms with E-state index < -0.39 is 0 Å². The minimum Gasteiger partial charge on any atom is -0.492 e. The number of aryl methyl sites for hydroxylation is 2. The molecular weight excluding hydrogens is 418 g/mol. The van der Waals surface area contributed by atoms with E-state index in [-0.39, 0.29) is 5.91 Å². The topological polar surface area (TPSA) is 77.2 Å². The number of rotatable bonds is 8. The molecule has 0 aliphatic heterocycles. The first-order valence-electron chi connectivity index (χ1n) is 9.51. The van der Waals surface area contributed by atoms with Crippen molar-refractivity contribution in [3.05, 3.63) is 70.4 Å². The van der Waals surface area contributed by atoms with Crippen molar-refractivity contribution in [1.82, 2.24) is 15.5 Å². The average molecular weight is 440 g/mol. The summed E-state index contributed by atoms with van der Waals surface area (Å²) in [4.78, 5) is 12.8. The van der Waals surface area contributed by atoms with Gasteiger partial charge in [0.1, 0.15) is 22.9 Å². The molecule has 2 aromatic heterocycles. The van der Waals surface area contributed by atoms with Crippen molar-refractivity contribution in [3.8, 4) is 5.75 Å². The van der Waals surface area contributed by atoms with Crippen LogP contribution in [0.1, 0.15) is 26.7 Å². The number of aromatic nitrogens is 2. The number of furan rings is 1. The normalized spacial score (nSPS) is 11.0. The van der Waals surface area contributed by atoms with Gasteiger partial charge in [0.05, 0.1) is 6.54 Å². The second-order valence-electron chi connectivity index (χ2n) is 6.70. The van der Waals surface area contributed by atoms with Gasteiger partial charge in [0.15, 0.2) is 10.1 Å². The quantitative estimate of drug-likeness (QED) is 0.307. The van der Waals surface area contributed by atoms with Crippen LogP contribution < -0.4 is 10.1 Å². The van der Waals surface area contributed by atoms with Crippen LogP contribution in [-0.2, 0) is 5.75 Å². The van der Waals surface area contributed by atoms with E-state index in [2.05, 4.69) is 15.5 Å². The summed E-state index contributed by atoms with van der Waals surface area (Å²) in [5, 5.41) is 12.9.